The number of aliphatic hydroxyl groups is 2. The molecule has 1 aliphatic rings. The van der Waals surface area contributed by atoms with Crippen LogP contribution in [0.4, 0.5) is 27.7 Å². The molecule has 154 valence electrons. The minimum atomic E-state index is -0.258. The molecule has 0 aliphatic carbocycles. The summed E-state index contributed by atoms with van der Waals surface area (Å²) >= 11 is 0. The molecule has 0 saturated carbocycles. The maximum atomic E-state index is 14.1. The van der Waals surface area contributed by atoms with Gasteiger partial charge in [-0.05, 0) is 12.1 Å². The fourth-order valence-corrected chi connectivity index (χ4v) is 3.20. The number of nitrogens with one attached hydrogen (secondary N) is 2. The van der Waals surface area contributed by atoms with Crippen LogP contribution in [-0.4, -0.2) is 72.7 Å². The molecule has 0 atom stereocenters. The summed E-state index contributed by atoms with van der Waals surface area (Å²) in [6.45, 7) is 2.59. The predicted octanol–water partition coefficient (Wildman–Crippen LogP) is 0.622. The number of piperazine rings is 1. The number of rotatable bonds is 8. The number of aliphatic hydroxyl groups excluding tert-OH is 2. The molecule has 1 fully saturated rings. The van der Waals surface area contributed by atoms with E-state index in [4.69, 9.17) is 10.2 Å². The molecule has 2 aromatic rings. The van der Waals surface area contributed by atoms with E-state index in [0.717, 1.165) is 0 Å². The fraction of sp³-hybridized carbons (Fsp3) is 0.421. The molecule has 0 radical (unpaired) electrons. The molecule has 0 spiro atoms. The predicted molar refractivity (Wildman–Crippen MR) is 109 cm³/mol. The molecule has 0 bridgehead atoms. The lowest BCUT2D eigenvalue weighted by Crippen LogP contribution is -2.47. The topological polar surface area (TPSA) is 121 Å². The summed E-state index contributed by atoms with van der Waals surface area (Å²) in [5.41, 5.74) is 0.846. The first-order valence-electron chi connectivity index (χ1n) is 9.44. The zero-order valence-corrected chi connectivity index (χ0v) is 16.0. The molecular weight excluding hydrogens is 377 g/mol. The van der Waals surface area contributed by atoms with Crippen LogP contribution in [-0.2, 0) is 0 Å². The Balaban J connectivity index is 1.83. The summed E-state index contributed by atoms with van der Waals surface area (Å²) in [5, 5.41) is 33.7. The normalized spacial score (nSPS) is 13.9. The average Bonchev–Trinajstić information content (AvgIpc) is 2.76. The largest absolute Gasteiger partial charge is 0.395 e. The van der Waals surface area contributed by atoms with Crippen molar-refractivity contribution in [1.29, 1.82) is 5.26 Å². The van der Waals surface area contributed by atoms with Gasteiger partial charge in [0.05, 0.1) is 18.9 Å². The molecule has 0 amide bonds. The quantitative estimate of drug-likeness (QED) is 0.504. The minimum absolute atomic E-state index is 0.0839. The summed E-state index contributed by atoms with van der Waals surface area (Å²) in [5.74, 6) is 0.816. The second kappa shape index (κ2) is 9.86. The molecule has 1 aliphatic heterocycles. The Morgan fingerprint density at radius 3 is 2.31 bits per heavy atom. The minimum Gasteiger partial charge on any atom is -0.395 e. The van der Waals surface area contributed by atoms with Gasteiger partial charge in [0.1, 0.15) is 17.4 Å². The van der Waals surface area contributed by atoms with E-state index in [-0.39, 0.29) is 43.6 Å². The summed E-state index contributed by atoms with van der Waals surface area (Å²) in [6, 6.07) is 8.81. The zero-order valence-electron chi connectivity index (χ0n) is 16.0. The highest BCUT2D eigenvalue weighted by Gasteiger charge is 2.25. The van der Waals surface area contributed by atoms with Crippen molar-refractivity contribution in [1.82, 2.24) is 9.97 Å². The fourth-order valence-electron chi connectivity index (χ4n) is 3.20. The molecule has 4 N–H and O–H groups in total. The number of hydrogen-bond acceptors (Lipinski definition) is 9. The highest BCUT2D eigenvalue weighted by atomic mass is 19.1. The number of aromatic nitrogens is 2. The Morgan fingerprint density at radius 2 is 1.66 bits per heavy atom. The Labute approximate surface area is 168 Å². The van der Waals surface area contributed by atoms with E-state index in [1.807, 2.05) is 9.80 Å². The van der Waals surface area contributed by atoms with Crippen LogP contribution in [0.1, 0.15) is 5.56 Å². The van der Waals surface area contributed by atoms with Gasteiger partial charge in [-0.15, -0.1) is 0 Å². The van der Waals surface area contributed by atoms with Crippen LogP contribution in [0, 0.1) is 17.1 Å². The third kappa shape index (κ3) is 4.82. The van der Waals surface area contributed by atoms with Crippen LogP contribution in [0.15, 0.2) is 24.3 Å². The molecule has 2 heterocycles. The van der Waals surface area contributed by atoms with E-state index in [1.54, 1.807) is 18.2 Å². The van der Waals surface area contributed by atoms with Gasteiger partial charge in [-0.2, -0.15) is 15.2 Å². The summed E-state index contributed by atoms with van der Waals surface area (Å²) in [4.78, 5) is 12.7. The highest BCUT2D eigenvalue weighted by molar-refractivity contribution is 5.68. The number of anilines is 4. The van der Waals surface area contributed by atoms with Crippen LogP contribution < -0.4 is 20.4 Å². The number of para-hydroxylation sites is 1. The van der Waals surface area contributed by atoms with Crippen molar-refractivity contribution < 1.29 is 14.6 Å². The van der Waals surface area contributed by atoms with Crippen LogP contribution in [0.25, 0.3) is 0 Å². The second-order valence-corrected chi connectivity index (χ2v) is 6.43. The third-order valence-electron chi connectivity index (χ3n) is 4.57. The maximum Gasteiger partial charge on any atom is 0.226 e. The van der Waals surface area contributed by atoms with Gasteiger partial charge in [-0.1, -0.05) is 12.1 Å². The van der Waals surface area contributed by atoms with Gasteiger partial charge >= 0.3 is 0 Å². The van der Waals surface area contributed by atoms with E-state index in [2.05, 4.69) is 26.7 Å². The number of hydrogen-bond donors (Lipinski definition) is 4. The van der Waals surface area contributed by atoms with Crippen LogP contribution in [0.5, 0.6) is 0 Å². The van der Waals surface area contributed by atoms with E-state index in [9.17, 15) is 9.65 Å². The Bertz CT molecular complexity index is 866. The van der Waals surface area contributed by atoms with Crippen molar-refractivity contribution in [3.63, 3.8) is 0 Å². The van der Waals surface area contributed by atoms with E-state index < -0.39 is 0 Å². The van der Waals surface area contributed by atoms with Crippen LogP contribution >= 0.6 is 0 Å². The zero-order chi connectivity index (χ0) is 20.6. The lowest BCUT2D eigenvalue weighted by molar-refractivity contribution is 0.311. The van der Waals surface area contributed by atoms with Gasteiger partial charge in [0.15, 0.2) is 11.6 Å². The number of benzene rings is 1. The molecule has 0 unspecified atom stereocenters. The van der Waals surface area contributed by atoms with Crippen LogP contribution in [0.2, 0.25) is 0 Å². The van der Waals surface area contributed by atoms with Gasteiger partial charge in [0, 0.05) is 39.3 Å². The van der Waals surface area contributed by atoms with Crippen molar-refractivity contribution in [3.8, 4) is 6.07 Å². The van der Waals surface area contributed by atoms with Crippen molar-refractivity contribution in [2.24, 2.45) is 0 Å². The maximum absolute atomic E-state index is 14.1. The number of halogens is 1. The summed E-state index contributed by atoms with van der Waals surface area (Å²) in [6.07, 6.45) is 0. The second-order valence-electron chi connectivity index (χ2n) is 6.43. The smallest absolute Gasteiger partial charge is 0.226 e. The molecule has 3 rings (SSSR count). The van der Waals surface area contributed by atoms with E-state index >= 15 is 0 Å². The van der Waals surface area contributed by atoms with Crippen LogP contribution in [0.3, 0.4) is 0 Å². The van der Waals surface area contributed by atoms with Crippen molar-refractivity contribution in [2.75, 3.05) is 72.9 Å². The van der Waals surface area contributed by atoms with Gasteiger partial charge in [0.2, 0.25) is 5.95 Å². The van der Waals surface area contributed by atoms with Gasteiger partial charge < -0.3 is 30.6 Å². The molecule has 1 aromatic carbocycles. The monoisotopic (exact) mass is 401 g/mol. The van der Waals surface area contributed by atoms with Gasteiger partial charge in [0.25, 0.3) is 0 Å². The summed E-state index contributed by atoms with van der Waals surface area (Å²) < 4.78 is 14.1. The molecule has 29 heavy (non-hydrogen) atoms. The standard InChI is InChI=1S/C19H24FN7O2/c20-15-3-1-2-4-16(15)26-7-9-27(10-8-26)18-14(13-21)17(22-5-11-28)24-19(25-18)23-6-12-29/h1-4,28-29H,5-12H2,(H2,22,23,24,25). The van der Waals surface area contributed by atoms with Gasteiger partial charge in [-0.25, -0.2) is 4.39 Å². The average molecular weight is 401 g/mol. The van der Waals surface area contributed by atoms with E-state index in [0.29, 0.717) is 43.5 Å². The third-order valence-corrected chi connectivity index (χ3v) is 4.57. The molecule has 1 saturated heterocycles. The first-order chi connectivity index (χ1) is 14.2. The highest BCUT2D eigenvalue weighted by Crippen LogP contribution is 2.28. The van der Waals surface area contributed by atoms with Gasteiger partial charge in [-0.3, -0.25) is 0 Å². The molecule has 1 aromatic heterocycles. The van der Waals surface area contributed by atoms with Crippen molar-refractivity contribution >= 4 is 23.3 Å². The summed E-state index contributed by atoms with van der Waals surface area (Å²) in [7, 11) is 0. The Hall–Kier alpha value is -3.16. The van der Waals surface area contributed by atoms with E-state index in [1.165, 1.54) is 6.07 Å². The lowest BCUT2D eigenvalue weighted by atomic mass is 10.2. The molecule has 10 heteroatoms. The van der Waals surface area contributed by atoms with Crippen molar-refractivity contribution in [2.45, 2.75) is 0 Å². The first kappa shape index (κ1) is 20.6. The lowest BCUT2D eigenvalue weighted by Gasteiger charge is -2.37. The molecule has 9 nitrogen and oxygen atoms in total. The Kier molecular flexibility index (Phi) is 6.99. The van der Waals surface area contributed by atoms with Crippen molar-refractivity contribution in [3.05, 3.63) is 35.6 Å². The Morgan fingerprint density at radius 1 is 1.00 bits per heavy atom. The molecular formula is C19H24FN7O2. The number of nitrogens with zero attached hydrogens (tertiary/aromatic N) is 5. The first-order valence-corrected chi connectivity index (χ1v) is 9.44. The SMILES string of the molecule is N#Cc1c(NCCO)nc(NCCO)nc1N1CCN(c2ccccc2F)CC1. The number of nitriles is 1.